The summed E-state index contributed by atoms with van der Waals surface area (Å²) in [7, 11) is 4.10. The molecule has 2 aromatic heterocycles. The number of likely N-dealkylation sites (N-methyl/N-ethyl adjacent to an activating group) is 1. The molecule has 1 aliphatic rings. The van der Waals surface area contributed by atoms with Crippen molar-refractivity contribution in [3.8, 4) is 0 Å². The Morgan fingerprint density at radius 2 is 2.07 bits per heavy atom. The molecule has 0 spiro atoms. The van der Waals surface area contributed by atoms with Gasteiger partial charge in [0.15, 0.2) is 5.65 Å². The number of likely N-dealkylation sites (tertiary alicyclic amines) is 1. The summed E-state index contributed by atoms with van der Waals surface area (Å²) >= 11 is 0. The average molecular weight is 393 g/mol. The maximum atomic E-state index is 12.8. The highest BCUT2D eigenvalue weighted by Gasteiger charge is 2.31. The van der Waals surface area contributed by atoms with E-state index in [1.807, 2.05) is 35.8 Å². The van der Waals surface area contributed by atoms with E-state index < -0.39 is 0 Å². The molecule has 0 radical (unpaired) electrons. The molecule has 3 heterocycles. The zero-order chi connectivity index (χ0) is 20.4. The second kappa shape index (κ2) is 8.29. The second-order valence-electron chi connectivity index (χ2n) is 8.13. The molecule has 1 aromatic carbocycles. The number of rotatable bonds is 6. The van der Waals surface area contributed by atoms with Crippen LogP contribution in [0.1, 0.15) is 29.2 Å². The van der Waals surface area contributed by atoms with Gasteiger partial charge in [0.25, 0.3) is 0 Å². The normalized spacial score (nSPS) is 16.8. The minimum absolute atomic E-state index is 0.181. The number of hydrogen-bond donors (Lipinski definition) is 0. The van der Waals surface area contributed by atoms with E-state index in [9.17, 15) is 4.79 Å². The molecule has 7 nitrogen and oxygen atoms in total. The van der Waals surface area contributed by atoms with Crippen molar-refractivity contribution in [2.75, 3.05) is 33.7 Å². The largest absolute Gasteiger partial charge is 0.342 e. The van der Waals surface area contributed by atoms with E-state index in [2.05, 4.69) is 33.9 Å². The highest BCUT2D eigenvalue weighted by Crippen LogP contribution is 2.30. The molecule has 7 heteroatoms. The smallest absolute Gasteiger partial charge is 0.227 e. The molecule has 0 bridgehead atoms. The Morgan fingerprint density at radius 3 is 2.86 bits per heavy atom. The van der Waals surface area contributed by atoms with Crippen LogP contribution < -0.4 is 0 Å². The molecule has 0 unspecified atom stereocenters. The van der Waals surface area contributed by atoms with Crippen molar-refractivity contribution in [3.05, 3.63) is 53.5 Å². The van der Waals surface area contributed by atoms with Gasteiger partial charge >= 0.3 is 0 Å². The number of hydrogen-bond acceptors (Lipinski definition) is 5. The highest BCUT2D eigenvalue weighted by atomic mass is 16.2. The third-order valence-electron chi connectivity index (χ3n) is 5.52. The lowest BCUT2D eigenvalue weighted by atomic mass is 10.0. The van der Waals surface area contributed by atoms with Gasteiger partial charge in [-0.2, -0.15) is 5.10 Å². The SMILES string of the molecule is Cc1cccc(CC(=O)N2CC[C@@H](c3nn(CCN(C)C)c4nccnc34)C2)c1. The predicted octanol–water partition coefficient (Wildman–Crippen LogP) is 2.25. The number of fused-ring (bicyclic) bond motifs is 1. The molecule has 29 heavy (non-hydrogen) atoms. The first kappa shape index (κ1) is 19.5. The lowest BCUT2D eigenvalue weighted by Crippen LogP contribution is -2.30. The summed E-state index contributed by atoms with van der Waals surface area (Å²) in [4.78, 5) is 26.0. The van der Waals surface area contributed by atoms with Gasteiger partial charge in [-0.3, -0.25) is 4.79 Å². The van der Waals surface area contributed by atoms with Crippen LogP contribution in [0.4, 0.5) is 0 Å². The fourth-order valence-electron chi connectivity index (χ4n) is 3.97. The van der Waals surface area contributed by atoms with E-state index in [0.717, 1.165) is 48.5 Å². The van der Waals surface area contributed by atoms with E-state index >= 15 is 0 Å². The molecule has 1 aliphatic heterocycles. The predicted molar refractivity (Wildman–Crippen MR) is 113 cm³/mol. The average Bonchev–Trinajstić information content (AvgIpc) is 3.31. The topological polar surface area (TPSA) is 67.2 Å². The van der Waals surface area contributed by atoms with Gasteiger partial charge in [-0.05, 0) is 33.0 Å². The van der Waals surface area contributed by atoms with Crippen molar-refractivity contribution >= 4 is 17.1 Å². The zero-order valence-corrected chi connectivity index (χ0v) is 17.4. The Labute approximate surface area is 171 Å². The van der Waals surface area contributed by atoms with Crippen LogP contribution in [-0.4, -0.2) is 69.2 Å². The fraction of sp³-hybridized carbons (Fsp3) is 0.455. The van der Waals surface area contributed by atoms with Gasteiger partial charge in [0, 0.05) is 37.9 Å². The van der Waals surface area contributed by atoms with Crippen molar-refractivity contribution < 1.29 is 4.79 Å². The molecule has 0 N–H and O–H groups in total. The van der Waals surface area contributed by atoms with Crippen LogP contribution in [0.3, 0.4) is 0 Å². The molecule has 152 valence electrons. The number of amides is 1. The van der Waals surface area contributed by atoms with Crippen molar-refractivity contribution in [3.63, 3.8) is 0 Å². The van der Waals surface area contributed by atoms with Crippen molar-refractivity contribution in [2.24, 2.45) is 0 Å². The number of carbonyl (C=O) groups is 1. The van der Waals surface area contributed by atoms with E-state index in [1.165, 1.54) is 5.56 Å². The number of aryl methyl sites for hydroxylation is 1. The zero-order valence-electron chi connectivity index (χ0n) is 17.4. The van der Waals surface area contributed by atoms with Crippen molar-refractivity contribution in [1.82, 2.24) is 29.5 Å². The van der Waals surface area contributed by atoms with E-state index in [0.29, 0.717) is 13.0 Å². The molecule has 1 fully saturated rings. The maximum Gasteiger partial charge on any atom is 0.227 e. The molecular formula is C22H28N6O. The van der Waals surface area contributed by atoms with Gasteiger partial charge < -0.3 is 9.80 Å². The summed E-state index contributed by atoms with van der Waals surface area (Å²) < 4.78 is 1.95. The van der Waals surface area contributed by atoms with Gasteiger partial charge in [0.1, 0.15) is 5.52 Å². The number of nitrogens with zero attached hydrogens (tertiary/aromatic N) is 6. The maximum absolute atomic E-state index is 12.8. The third-order valence-corrected chi connectivity index (χ3v) is 5.52. The first-order valence-corrected chi connectivity index (χ1v) is 10.2. The minimum atomic E-state index is 0.181. The van der Waals surface area contributed by atoms with Crippen molar-refractivity contribution in [2.45, 2.75) is 32.2 Å². The number of carbonyl (C=O) groups excluding carboxylic acids is 1. The van der Waals surface area contributed by atoms with Gasteiger partial charge in [-0.15, -0.1) is 0 Å². The Bertz CT molecular complexity index is 1010. The standard InChI is InChI=1S/C22H28N6O/c1-16-5-4-6-17(13-16)14-19(29)27-10-7-18(15-27)20-21-22(24-9-8-23-21)28(25-20)12-11-26(2)3/h4-6,8-9,13,18H,7,10-12,14-15H2,1-3H3/t18-/m1/s1. The second-order valence-corrected chi connectivity index (χ2v) is 8.13. The molecule has 1 saturated heterocycles. The van der Waals surface area contributed by atoms with E-state index in [4.69, 9.17) is 5.10 Å². The summed E-state index contributed by atoms with van der Waals surface area (Å²) in [6, 6.07) is 8.17. The first-order chi connectivity index (χ1) is 14.0. The number of benzene rings is 1. The monoisotopic (exact) mass is 392 g/mol. The van der Waals surface area contributed by atoms with Crippen LogP contribution >= 0.6 is 0 Å². The van der Waals surface area contributed by atoms with Crippen LogP contribution in [0.2, 0.25) is 0 Å². The summed E-state index contributed by atoms with van der Waals surface area (Å²) in [5, 5.41) is 4.86. The van der Waals surface area contributed by atoms with E-state index in [1.54, 1.807) is 12.4 Å². The van der Waals surface area contributed by atoms with Gasteiger partial charge in [0.2, 0.25) is 5.91 Å². The van der Waals surface area contributed by atoms with Crippen molar-refractivity contribution in [1.29, 1.82) is 0 Å². The summed E-state index contributed by atoms with van der Waals surface area (Å²) in [6.07, 6.45) is 4.80. The van der Waals surface area contributed by atoms with Gasteiger partial charge in [-0.1, -0.05) is 29.8 Å². The summed E-state index contributed by atoms with van der Waals surface area (Å²) in [5.41, 5.74) is 4.92. The lowest BCUT2D eigenvalue weighted by molar-refractivity contribution is -0.129. The van der Waals surface area contributed by atoms with Gasteiger partial charge in [-0.25, -0.2) is 14.6 Å². The van der Waals surface area contributed by atoms with E-state index in [-0.39, 0.29) is 11.8 Å². The molecule has 3 aromatic rings. The van der Waals surface area contributed by atoms with Crippen LogP contribution in [0.25, 0.3) is 11.2 Å². The van der Waals surface area contributed by atoms with Gasteiger partial charge in [0.05, 0.1) is 18.7 Å². The lowest BCUT2D eigenvalue weighted by Gasteiger charge is -2.16. The molecule has 0 aliphatic carbocycles. The Hall–Kier alpha value is -2.80. The highest BCUT2D eigenvalue weighted by molar-refractivity contribution is 5.79. The van der Waals surface area contributed by atoms with Crippen LogP contribution in [0, 0.1) is 6.92 Å². The molecule has 4 rings (SSSR count). The van der Waals surface area contributed by atoms with Crippen LogP contribution in [0.5, 0.6) is 0 Å². The Kier molecular flexibility index (Phi) is 5.58. The number of aromatic nitrogens is 4. The minimum Gasteiger partial charge on any atom is -0.342 e. The van der Waals surface area contributed by atoms with Crippen LogP contribution in [0.15, 0.2) is 36.7 Å². The molecular weight excluding hydrogens is 364 g/mol. The fourth-order valence-corrected chi connectivity index (χ4v) is 3.97. The molecule has 1 amide bonds. The Morgan fingerprint density at radius 1 is 1.24 bits per heavy atom. The molecule has 0 saturated carbocycles. The third kappa shape index (κ3) is 4.29. The summed E-state index contributed by atoms with van der Waals surface area (Å²) in [5.74, 6) is 0.386. The first-order valence-electron chi connectivity index (χ1n) is 10.2. The molecule has 1 atom stereocenters. The Balaban J connectivity index is 1.50. The quantitative estimate of drug-likeness (QED) is 0.644. The van der Waals surface area contributed by atoms with Crippen LogP contribution in [-0.2, 0) is 17.8 Å². The summed E-state index contributed by atoms with van der Waals surface area (Å²) in [6.45, 7) is 5.17.